The minimum atomic E-state index is -4.58. The monoisotopic (exact) mass is 462 g/mol. The lowest BCUT2D eigenvalue weighted by Crippen LogP contribution is -2.29. The number of fused-ring (bicyclic) bond motifs is 1. The van der Waals surface area contributed by atoms with Gasteiger partial charge >= 0.3 is 6.18 Å². The molecule has 1 aromatic carbocycles. The van der Waals surface area contributed by atoms with Gasteiger partial charge in [-0.1, -0.05) is 17.7 Å². The minimum absolute atomic E-state index is 0.194. The molecule has 32 heavy (non-hydrogen) atoms. The van der Waals surface area contributed by atoms with Gasteiger partial charge in [0.1, 0.15) is 5.69 Å². The molecule has 0 radical (unpaired) electrons. The third kappa shape index (κ3) is 3.88. The first-order valence-corrected chi connectivity index (χ1v) is 10.2. The lowest BCUT2D eigenvalue weighted by Gasteiger charge is -2.28. The molecule has 1 amide bonds. The van der Waals surface area contributed by atoms with Crippen LogP contribution in [-0.2, 0) is 6.18 Å². The second-order valence-electron chi connectivity index (χ2n) is 7.73. The van der Waals surface area contributed by atoms with Gasteiger partial charge in [0.15, 0.2) is 5.78 Å². The van der Waals surface area contributed by atoms with Crippen molar-refractivity contribution in [3.8, 4) is 0 Å². The first-order valence-electron chi connectivity index (χ1n) is 9.78. The van der Waals surface area contributed by atoms with E-state index in [0.717, 1.165) is 11.6 Å². The number of hydrogen-bond acceptors (Lipinski definition) is 4. The van der Waals surface area contributed by atoms with E-state index >= 15 is 0 Å². The third-order valence-corrected chi connectivity index (χ3v) is 5.89. The maximum atomic E-state index is 13.3. The van der Waals surface area contributed by atoms with Gasteiger partial charge in [0.2, 0.25) is 0 Å². The van der Waals surface area contributed by atoms with Crippen LogP contribution in [0.15, 0.2) is 42.9 Å². The fourth-order valence-corrected chi connectivity index (χ4v) is 4.20. The summed E-state index contributed by atoms with van der Waals surface area (Å²) in [4.78, 5) is 30.0. The Hall–Kier alpha value is -3.20. The van der Waals surface area contributed by atoms with E-state index in [1.165, 1.54) is 29.2 Å². The average Bonchev–Trinajstić information content (AvgIpc) is 3.14. The van der Waals surface area contributed by atoms with Crippen molar-refractivity contribution in [1.29, 1.82) is 0 Å². The number of rotatable bonds is 3. The topological polar surface area (TPSA) is 76.9 Å². The molecule has 166 valence electrons. The van der Waals surface area contributed by atoms with Gasteiger partial charge in [-0.15, -0.1) is 0 Å². The predicted molar refractivity (Wildman–Crippen MR) is 112 cm³/mol. The smallest absolute Gasteiger partial charge is 0.319 e. The largest absolute Gasteiger partial charge is 0.417 e. The number of nitrogens with zero attached hydrogens (tertiary/aromatic N) is 3. The van der Waals surface area contributed by atoms with Crippen LogP contribution in [0.25, 0.3) is 0 Å². The van der Waals surface area contributed by atoms with E-state index in [4.69, 9.17) is 11.6 Å². The maximum absolute atomic E-state index is 13.3. The van der Waals surface area contributed by atoms with E-state index < -0.39 is 28.6 Å². The summed E-state index contributed by atoms with van der Waals surface area (Å²) >= 11 is 5.87. The summed E-state index contributed by atoms with van der Waals surface area (Å²) in [6.07, 6.45) is 0.150. The molecule has 0 bridgehead atoms. The summed E-state index contributed by atoms with van der Waals surface area (Å²) < 4.78 is 40.7. The van der Waals surface area contributed by atoms with E-state index in [-0.39, 0.29) is 23.2 Å². The molecular weight excluding hydrogens is 445 g/mol. The number of carbonyl (C=O) groups is 2. The minimum Gasteiger partial charge on any atom is -0.319 e. The van der Waals surface area contributed by atoms with Crippen LogP contribution < -0.4 is 5.32 Å². The molecule has 1 aliphatic rings. The maximum Gasteiger partial charge on any atom is 0.417 e. The zero-order valence-corrected chi connectivity index (χ0v) is 17.8. The van der Waals surface area contributed by atoms with Crippen molar-refractivity contribution in [3.05, 3.63) is 75.8 Å². The molecule has 0 spiro atoms. The molecule has 2 aromatic heterocycles. The number of hydrogen-bond donors (Lipinski definition) is 1. The fraction of sp³-hybridized carbons (Fsp3) is 0.273. The summed E-state index contributed by atoms with van der Waals surface area (Å²) in [5.41, 5.74) is 0.930. The van der Waals surface area contributed by atoms with Crippen LogP contribution in [0.1, 0.15) is 62.8 Å². The van der Waals surface area contributed by atoms with E-state index in [1.54, 1.807) is 19.2 Å². The summed E-state index contributed by atoms with van der Waals surface area (Å²) in [6, 6.07) is 4.81. The van der Waals surface area contributed by atoms with Crippen molar-refractivity contribution in [1.82, 2.24) is 14.8 Å². The van der Waals surface area contributed by atoms with Gasteiger partial charge in [0.05, 0.1) is 40.0 Å². The van der Waals surface area contributed by atoms with Crippen molar-refractivity contribution in [2.75, 3.05) is 5.32 Å². The summed E-state index contributed by atoms with van der Waals surface area (Å²) in [5, 5.41) is 6.49. The number of carbonyl (C=O) groups excluding carboxylic acids is 2. The van der Waals surface area contributed by atoms with Crippen LogP contribution >= 0.6 is 11.6 Å². The molecular formula is C22H18ClF3N4O2. The van der Waals surface area contributed by atoms with Crippen molar-refractivity contribution >= 4 is 29.0 Å². The normalized spacial score (nSPS) is 18.4. The first kappa shape index (κ1) is 22.0. The van der Waals surface area contributed by atoms with Crippen molar-refractivity contribution in [2.45, 2.75) is 38.4 Å². The van der Waals surface area contributed by atoms with Crippen LogP contribution in [0.3, 0.4) is 0 Å². The van der Waals surface area contributed by atoms with Gasteiger partial charge in [-0.05, 0) is 49.6 Å². The van der Waals surface area contributed by atoms with Gasteiger partial charge in [0.25, 0.3) is 5.91 Å². The highest BCUT2D eigenvalue weighted by Crippen LogP contribution is 2.41. The molecule has 6 nitrogen and oxygen atoms in total. The average molecular weight is 463 g/mol. The SMILES string of the molecule is Cc1ccncc1C(=O)Nc1cnn2c1C(=O)C(c1ccc(C(F)(F)F)c(Cl)c1)C[C@@H]2C. The van der Waals surface area contributed by atoms with E-state index in [2.05, 4.69) is 15.4 Å². The molecule has 3 heterocycles. The number of anilines is 1. The van der Waals surface area contributed by atoms with Gasteiger partial charge in [-0.2, -0.15) is 18.3 Å². The van der Waals surface area contributed by atoms with Crippen LogP contribution in [0, 0.1) is 6.92 Å². The molecule has 4 rings (SSSR count). The summed E-state index contributed by atoms with van der Waals surface area (Å²) in [7, 11) is 0. The zero-order valence-electron chi connectivity index (χ0n) is 17.1. The highest BCUT2D eigenvalue weighted by Gasteiger charge is 2.38. The number of aromatic nitrogens is 3. The van der Waals surface area contributed by atoms with E-state index in [0.29, 0.717) is 17.5 Å². The first-order chi connectivity index (χ1) is 15.1. The summed E-state index contributed by atoms with van der Waals surface area (Å²) in [6.45, 7) is 3.61. The second kappa shape index (κ2) is 8.05. The molecule has 1 N–H and O–H groups in total. The number of pyridine rings is 1. The number of nitrogens with one attached hydrogen (secondary N) is 1. The van der Waals surface area contributed by atoms with Gasteiger partial charge in [-0.25, -0.2) is 0 Å². The van der Waals surface area contributed by atoms with Crippen LogP contribution in [0.4, 0.5) is 18.9 Å². The van der Waals surface area contributed by atoms with Crippen LogP contribution in [0.2, 0.25) is 5.02 Å². The zero-order chi connectivity index (χ0) is 23.2. The number of halogens is 4. The third-order valence-electron chi connectivity index (χ3n) is 5.57. The Labute approximate surface area is 186 Å². The predicted octanol–water partition coefficient (Wildman–Crippen LogP) is 5.44. The summed E-state index contributed by atoms with van der Waals surface area (Å²) in [5.74, 6) is -1.51. The number of amides is 1. The molecule has 0 saturated heterocycles. The highest BCUT2D eigenvalue weighted by atomic mass is 35.5. The highest BCUT2D eigenvalue weighted by molar-refractivity contribution is 6.31. The van der Waals surface area contributed by atoms with Crippen molar-refractivity contribution < 1.29 is 22.8 Å². The molecule has 0 fully saturated rings. The number of benzene rings is 1. The molecule has 1 aliphatic heterocycles. The van der Waals surface area contributed by atoms with Gasteiger partial charge in [-0.3, -0.25) is 19.3 Å². The van der Waals surface area contributed by atoms with Crippen molar-refractivity contribution in [2.24, 2.45) is 0 Å². The molecule has 1 unspecified atom stereocenters. The van der Waals surface area contributed by atoms with Gasteiger partial charge < -0.3 is 5.32 Å². The Morgan fingerprint density at radius 2 is 2.00 bits per heavy atom. The lowest BCUT2D eigenvalue weighted by molar-refractivity contribution is -0.137. The number of ketones is 1. The van der Waals surface area contributed by atoms with Crippen LogP contribution in [0.5, 0.6) is 0 Å². The van der Waals surface area contributed by atoms with Gasteiger partial charge in [0, 0.05) is 12.4 Å². The Bertz CT molecular complexity index is 1220. The van der Waals surface area contributed by atoms with E-state index in [9.17, 15) is 22.8 Å². The Balaban J connectivity index is 1.67. The van der Waals surface area contributed by atoms with E-state index in [1.807, 2.05) is 6.92 Å². The lowest BCUT2D eigenvalue weighted by atomic mass is 9.84. The Morgan fingerprint density at radius 1 is 1.25 bits per heavy atom. The quantitative estimate of drug-likeness (QED) is 0.562. The molecule has 0 saturated carbocycles. The van der Waals surface area contributed by atoms with Crippen LogP contribution in [-0.4, -0.2) is 26.5 Å². The molecule has 3 aromatic rings. The van der Waals surface area contributed by atoms with Crippen molar-refractivity contribution in [3.63, 3.8) is 0 Å². The molecule has 10 heteroatoms. The number of Topliss-reactive ketones (excluding diaryl/α,β-unsaturated/α-hetero) is 1. The number of aryl methyl sites for hydroxylation is 1. The molecule has 2 atom stereocenters. The standard InChI is InChI=1S/C22H18ClF3N4O2/c1-11-5-6-27-9-15(11)21(32)29-18-10-28-30-12(2)7-14(20(31)19(18)30)13-3-4-16(17(23)8-13)22(24,25)26/h3-6,8-10,12,14H,7H2,1-2H3,(H,29,32)/t12-,14?/m0/s1. The Morgan fingerprint density at radius 3 is 2.66 bits per heavy atom. The molecule has 0 aliphatic carbocycles. The number of alkyl halides is 3. The second-order valence-corrected chi connectivity index (χ2v) is 8.14. The Kier molecular flexibility index (Phi) is 5.54. The fourth-order valence-electron chi connectivity index (χ4n) is 3.90.